The molecule has 98 valence electrons. The van der Waals surface area contributed by atoms with Gasteiger partial charge in [0.1, 0.15) is 5.82 Å². The van der Waals surface area contributed by atoms with Crippen LogP contribution in [0.4, 0.5) is 4.39 Å². The van der Waals surface area contributed by atoms with Crippen LogP contribution in [-0.4, -0.2) is 18.3 Å². The Hall–Kier alpha value is -0.575. The maximum atomic E-state index is 13.6. The van der Waals surface area contributed by atoms with Gasteiger partial charge in [-0.3, -0.25) is 0 Å². The highest BCUT2D eigenvalue weighted by atomic mass is 35.5. The van der Waals surface area contributed by atoms with Crippen molar-refractivity contribution in [2.75, 3.05) is 0 Å². The fourth-order valence-electron chi connectivity index (χ4n) is 1.81. The molecule has 1 aromatic rings. The van der Waals surface area contributed by atoms with Gasteiger partial charge in [-0.25, -0.2) is 4.39 Å². The average Bonchev–Trinajstić information content (AvgIpc) is 2.42. The number of rotatable bonds is 1. The van der Waals surface area contributed by atoms with Crippen LogP contribution in [0.3, 0.4) is 0 Å². The predicted octanol–water partition coefficient (Wildman–Crippen LogP) is 3.09. The second-order valence-corrected chi connectivity index (χ2v) is 6.12. The van der Waals surface area contributed by atoms with Gasteiger partial charge in [0.2, 0.25) is 0 Å². The largest absolute Gasteiger partial charge is 0.496 e. The Balaban J connectivity index is 2.38. The molecule has 0 atom stereocenters. The number of benzene rings is 1. The molecule has 1 aliphatic heterocycles. The summed E-state index contributed by atoms with van der Waals surface area (Å²) >= 11 is 6.14. The van der Waals surface area contributed by atoms with Crippen molar-refractivity contribution >= 4 is 24.2 Å². The highest BCUT2D eigenvalue weighted by molar-refractivity contribution is 6.65. The topological polar surface area (TPSA) is 18.5 Å². The first-order chi connectivity index (χ1) is 8.14. The van der Waals surface area contributed by atoms with E-state index in [1.807, 2.05) is 27.7 Å². The summed E-state index contributed by atoms with van der Waals surface area (Å²) in [5.74, 6) is -0.302. The molecule has 18 heavy (non-hydrogen) atoms. The molecule has 0 spiro atoms. The van der Waals surface area contributed by atoms with E-state index in [-0.39, 0.29) is 5.82 Å². The number of hydrogen-bond acceptors (Lipinski definition) is 2. The molecule has 1 saturated heterocycles. The Morgan fingerprint density at radius 2 is 1.61 bits per heavy atom. The third-order valence-corrected chi connectivity index (χ3v) is 4.11. The van der Waals surface area contributed by atoms with E-state index in [1.165, 1.54) is 6.07 Å². The number of halogens is 2. The molecule has 1 aliphatic rings. The summed E-state index contributed by atoms with van der Waals surface area (Å²) in [6, 6.07) is 2.98. The van der Waals surface area contributed by atoms with E-state index in [0.717, 1.165) is 0 Å². The van der Waals surface area contributed by atoms with Crippen molar-refractivity contribution in [3.63, 3.8) is 0 Å². The first-order valence-electron chi connectivity index (χ1n) is 5.95. The van der Waals surface area contributed by atoms with Crippen molar-refractivity contribution in [1.82, 2.24) is 0 Å². The maximum Gasteiger partial charge on any atom is 0.496 e. The lowest BCUT2D eigenvalue weighted by Gasteiger charge is -2.32. The summed E-state index contributed by atoms with van der Waals surface area (Å²) < 4.78 is 25.3. The summed E-state index contributed by atoms with van der Waals surface area (Å²) in [6.07, 6.45) is 0. The Morgan fingerprint density at radius 3 is 2.11 bits per heavy atom. The number of hydrogen-bond donors (Lipinski definition) is 0. The Bertz CT molecular complexity index is 472. The summed E-state index contributed by atoms with van der Waals surface area (Å²) in [6.45, 7) is 9.48. The van der Waals surface area contributed by atoms with Crippen LogP contribution in [0, 0.1) is 12.7 Å². The molecule has 0 saturated carbocycles. The lowest BCUT2D eigenvalue weighted by Crippen LogP contribution is -2.41. The second kappa shape index (κ2) is 4.22. The minimum atomic E-state index is -0.627. The molecular weight excluding hydrogens is 253 g/mol. The van der Waals surface area contributed by atoms with Crippen molar-refractivity contribution in [3.05, 3.63) is 28.5 Å². The summed E-state index contributed by atoms with van der Waals surface area (Å²) in [5.41, 5.74) is 0.142. The summed E-state index contributed by atoms with van der Waals surface area (Å²) in [7, 11) is -0.627. The van der Waals surface area contributed by atoms with Crippen LogP contribution in [0.15, 0.2) is 12.1 Å². The van der Waals surface area contributed by atoms with E-state index in [0.29, 0.717) is 16.0 Å². The zero-order chi connectivity index (χ0) is 13.7. The normalized spacial score (nSPS) is 21.4. The Kier molecular flexibility index (Phi) is 3.25. The van der Waals surface area contributed by atoms with Gasteiger partial charge in [-0.05, 0) is 52.3 Å². The molecule has 5 heteroatoms. The lowest BCUT2D eigenvalue weighted by molar-refractivity contribution is 0.00578. The molecular formula is C13H17BClFO2. The molecule has 0 N–H and O–H groups in total. The summed E-state index contributed by atoms with van der Waals surface area (Å²) in [4.78, 5) is 0. The van der Waals surface area contributed by atoms with Gasteiger partial charge in [0.05, 0.1) is 11.2 Å². The van der Waals surface area contributed by atoms with E-state index in [2.05, 4.69) is 0 Å². The van der Waals surface area contributed by atoms with Gasteiger partial charge in [-0.1, -0.05) is 11.6 Å². The smallest absolute Gasteiger partial charge is 0.399 e. The fraction of sp³-hybridized carbons (Fsp3) is 0.538. The monoisotopic (exact) mass is 270 g/mol. The zero-order valence-corrected chi connectivity index (χ0v) is 12.1. The van der Waals surface area contributed by atoms with Gasteiger partial charge in [0, 0.05) is 10.5 Å². The van der Waals surface area contributed by atoms with Gasteiger partial charge in [-0.2, -0.15) is 0 Å². The van der Waals surface area contributed by atoms with E-state index in [9.17, 15) is 4.39 Å². The molecule has 0 unspecified atom stereocenters. The molecule has 1 aromatic carbocycles. The standard InChI is InChI=1S/C13H17BClFO2/c1-8-6-10(15)9(7-11(8)16)14-17-12(2,3)13(4,5)18-14/h6-7H,1-5H3. The van der Waals surface area contributed by atoms with Crippen molar-refractivity contribution in [2.24, 2.45) is 0 Å². The SMILES string of the molecule is Cc1cc(Cl)c(B2OC(C)(C)C(C)(C)O2)cc1F. The van der Waals surface area contributed by atoms with Crippen molar-refractivity contribution in [3.8, 4) is 0 Å². The number of aryl methyl sites for hydroxylation is 1. The fourth-order valence-corrected chi connectivity index (χ4v) is 2.12. The van der Waals surface area contributed by atoms with Crippen LogP contribution in [0.25, 0.3) is 0 Å². The van der Waals surface area contributed by atoms with E-state index < -0.39 is 18.3 Å². The maximum absolute atomic E-state index is 13.6. The van der Waals surface area contributed by atoms with Crippen molar-refractivity contribution < 1.29 is 13.7 Å². The van der Waals surface area contributed by atoms with E-state index >= 15 is 0 Å². The van der Waals surface area contributed by atoms with Gasteiger partial charge < -0.3 is 9.31 Å². The van der Waals surface area contributed by atoms with Crippen molar-refractivity contribution in [2.45, 2.75) is 45.8 Å². The first-order valence-corrected chi connectivity index (χ1v) is 6.33. The van der Waals surface area contributed by atoms with Gasteiger partial charge in [-0.15, -0.1) is 0 Å². The van der Waals surface area contributed by atoms with Gasteiger partial charge in [0.15, 0.2) is 0 Å². The molecule has 0 aromatic heterocycles. The zero-order valence-electron chi connectivity index (χ0n) is 11.3. The first kappa shape index (κ1) is 13.8. The van der Waals surface area contributed by atoms with Crippen LogP contribution in [0.2, 0.25) is 5.02 Å². The quantitative estimate of drug-likeness (QED) is 0.730. The molecule has 0 aliphatic carbocycles. The Labute approximate surface area is 113 Å². The summed E-state index contributed by atoms with van der Waals surface area (Å²) in [5, 5.41) is 0.465. The second-order valence-electron chi connectivity index (χ2n) is 5.71. The van der Waals surface area contributed by atoms with E-state index in [4.69, 9.17) is 20.9 Å². The van der Waals surface area contributed by atoms with Gasteiger partial charge >= 0.3 is 7.12 Å². The molecule has 0 amide bonds. The molecule has 2 rings (SSSR count). The van der Waals surface area contributed by atoms with Crippen LogP contribution >= 0.6 is 11.6 Å². The third-order valence-electron chi connectivity index (χ3n) is 3.79. The van der Waals surface area contributed by atoms with Crippen LogP contribution in [0.5, 0.6) is 0 Å². The van der Waals surface area contributed by atoms with Crippen LogP contribution < -0.4 is 5.46 Å². The molecule has 1 fully saturated rings. The molecule has 0 bridgehead atoms. The minimum Gasteiger partial charge on any atom is -0.399 e. The predicted molar refractivity (Wildman–Crippen MR) is 71.9 cm³/mol. The van der Waals surface area contributed by atoms with Crippen LogP contribution in [-0.2, 0) is 9.31 Å². The molecule has 2 nitrogen and oxygen atoms in total. The van der Waals surface area contributed by atoms with Crippen molar-refractivity contribution in [1.29, 1.82) is 0 Å². The molecule has 0 radical (unpaired) electrons. The van der Waals surface area contributed by atoms with E-state index in [1.54, 1.807) is 13.0 Å². The third kappa shape index (κ3) is 2.17. The highest BCUT2D eigenvalue weighted by Crippen LogP contribution is 2.37. The van der Waals surface area contributed by atoms with Gasteiger partial charge in [0.25, 0.3) is 0 Å². The van der Waals surface area contributed by atoms with Crippen LogP contribution in [0.1, 0.15) is 33.3 Å². The average molecular weight is 271 g/mol. The molecule has 1 heterocycles. The lowest BCUT2D eigenvalue weighted by atomic mass is 9.78. The Morgan fingerprint density at radius 1 is 1.11 bits per heavy atom. The highest BCUT2D eigenvalue weighted by Gasteiger charge is 2.52. The minimum absolute atomic E-state index is 0.302.